The van der Waals surface area contributed by atoms with Gasteiger partial charge in [0.2, 0.25) is 0 Å². The van der Waals surface area contributed by atoms with Crippen molar-refractivity contribution in [2.75, 3.05) is 52.0 Å². The van der Waals surface area contributed by atoms with Crippen LogP contribution in [0.25, 0.3) is 0 Å². The van der Waals surface area contributed by atoms with Crippen molar-refractivity contribution in [3.63, 3.8) is 0 Å². The van der Waals surface area contributed by atoms with E-state index in [0.29, 0.717) is 49.7 Å². The number of anilines is 1. The second kappa shape index (κ2) is 10.0. The van der Waals surface area contributed by atoms with Crippen molar-refractivity contribution in [1.29, 1.82) is 0 Å². The van der Waals surface area contributed by atoms with Crippen molar-refractivity contribution in [3.8, 4) is 5.75 Å². The largest absolute Gasteiger partial charge is 0.505 e. The summed E-state index contributed by atoms with van der Waals surface area (Å²) in [6.07, 6.45) is 0. The van der Waals surface area contributed by atoms with Crippen LogP contribution in [0.4, 0.5) is 5.69 Å². The standard InChI is InChI=1S/C13H20BrNO4/c1-17-7-8-19-10-9-18-6-5-15-12-4-2-3-11(14)13(12)16/h2-4,15-16H,5-10H2,1H3. The minimum Gasteiger partial charge on any atom is -0.505 e. The van der Waals surface area contributed by atoms with Crippen LogP contribution in [-0.4, -0.2) is 51.8 Å². The minimum atomic E-state index is 0.213. The molecule has 0 saturated heterocycles. The number of methoxy groups -OCH3 is 1. The molecule has 1 aromatic carbocycles. The number of phenolic OH excluding ortho intramolecular Hbond substituents is 1. The number of para-hydroxylation sites is 1. The van der Waals surface area contributed by atoms with Gasteiger partial charge in [-0.1, -0.05) is 6.07 Å². The van der Waals surface area contributed by atoms with Gasteiger partial charge in [-0.3, -0.25) is 0 Å². The molecular weight excluding hydrogens is 314 g/mol. The Morgan fingerprint density at radius 2 is 1.79 bits per heavy atom. The molecule has 0 aliphatic carbocycles. The van der Waals surface area contributed by atoms with Gasteiger partial charge in [0.05, 0.1) is 43.2 Å². The third kappa shape index (κ3) is 6.77. The molecule has 0 bridgehead atoms. The van der Waals surface area contributed by atoms with Crippen molar-refractivity contribution < 1.29 is 19.3 Å². The molecule has 0 heterocycles. The van der Waals surface area contributed by atoms with E-state index in [9.17, 15) is 5.11 Å². The number of hydrogen-bond donors (Lipinski definition) is 2. The van der Waals surface area contributed by atoms with Crippen LogP contribution in [0.2, 0.25) is 0 Å². The Morgan fingerprint density at radius 1 is 1.11 bits per heavy atom. The number of nitrogens with one attached hydrogen (secondary N) is 1. The monoisotopic (exact) mass is 333 g/mol. The SMILES string of the molecule is COCCOCCOCCNc1cccc(Br)c1O. The van der Waals surface area contributed by atoms with Gasteiger partial charge in [-0.15, -0.1) is 0 Å². The second-order valence-corrected chi connectivity index (χ2v) is 4.63. The first-order valence-electron chi connectivity index (χ1n) is 6.11. The van der Waals surface area contributed by atoms with Crippen molar-refractivity contribution in [2.45, 2.75) is 0 Å². The van der Waals surface area contributed by atoms with E-state index < -0.39 is 0 Å². The average Bonchev–Trinajstić information content (AvgIpc) is 2.41. The molecule has 1 rings (SSSR count). The van der Waals surface area contributed by atoms with Gasteiger partial charge < -0.3 is 24.6 Å². The van der Waals surface area contributed by atoms with Crippen LogP contribution < -0.4 is 5.32 Å². The highest BCUT2D eigenvalue weighted by Gasteiger charge is 2.03. The molecule has 2 N–H and O–H groups in total. The summed E-state index contributed by atoms with van der Waals surface area (Å²) in [7, 11) is 1.64. The Morgan fingerprint density at radius 3 is 2.53 bits per heavy atom. The van der Waals surface area contributed by atoms with E-state index in [1.165, 1.54) is 0 Å². The molecule has 0 aliphatic rings. The number of ether oxygens (including phenoxy) is 3. The van der Waals surface area contributed by atoms with Crippen molar-refractivity contribution in [2.24, 2.45) is 0 Å². The van der Waals surface area contributed by atoms with Gasteiger partial charge in [0, 0.05) is 13.7 Å². The van der Waals surface area contributed by atoms with Crippen molar-refractivity contribution in [3.05, 3.63) is 22.7 Å². The maximum Gasteiger partial charge on any atom is 0.152 e. The highest BCUT2D eigenvalue weighted by atomic mass is 79.9. The van der Waals surface area contributed by atoms with Crippen LogP contribution in [-0.2, 0) is 14.2 Å². The topological polar surface area (TPSA) is 60.0 Å². The molecule has 19 heavy (non-hydrogen) atoms. The zero-order valence-corrected chi connectivity index (χ0v) is 12.6. The fourth-order valence-corrected chi connectivity index (χ4v) is 1.75. The number of benzene rings is 1. The van der Waals surface area contributed by atoms with Crippen LogP contribution in [0.3, 0.4) is 0 Å². The van der Waals surface area contributed by atoms with E-state index >= 15 is 0 Å². The number of phenols is 1. The van der Waals surface area contributed by atoms with Gasteiger partial charge in [-0.05, 0) is 28.1 Å². The predicted octanol–water partition coefficient (Wildman–Crippen LogP) is 2.25. The fourth-order valence-electron chi connectivity index (χ4n) is 1.38. The van der Waals surface area contributed by atoms with E-state index in [2.05, 4.69) is 21.2 Å². The van der Waals surface area contributed by atoms with Crippen LogP contribution in [0.15, 0.2) is 22.7 Å². The molecule has 0 aliphatic heterocycles. The van der Waals surface area contributed by atoms with Crippen LogP contribution in [0.5, 0.6) is 5.75 Å². The summed E-state index contributed by atoms with van der Waals surface area (Å²) in [5, 5.41) is 12.8. The molecule has 0 fully saturated rings. The lowest BCUT2D eigenvalue weighted by Crippen LogP contribution is -2.13. The summed E-state index contributed by atoms with van der Waals surface area (Å²) in [6.45, 7) is 3.48. The molecule has 6 heteroatoms. The van der Waals surface area contributed by atoms with Gasteiger partial charge in [0.15, 0.2) is 5.75 Å². The molecule has 108 valence electrons. The molecule has 0 saturated carbocycles. The van der Waals surface area contributed by atoms with Crippen molar-refractivity contribution in [1.82, 2.24) is 0 Å². The van der Waals surface area contributed by atoms with E-state index in [0.717, 1.165) is 0 Å². The van der Waals surface area contributed by atoms with Gasteiger partial charge in [-0.2, -0.15) is 0 Å². The maximum atomic E-state index is 9.74. The summed E-state index contributed by atoms with van der Waals surface area (Å²) in [5.74, 6) is 0.213. The maximum absolute atomic E-state index is 9.74. The van der Waals surface area contributed by atoms with Crippen LogP contribution in [0.1, 0.15) is 0 Å². The zero-order chi connectivity index (χ0) is 13.9. The van der Waals surface area contributed by atoms with E-state index in [-0.39, 0.29) is 5.75 Å². The first-order chi connectivity index (χ1) is 9.25. The summed E-state index contributed by atoms with van der Waals surface area (Å²) < 4.78 is 16.2. The Balaban J connectivity index is 2.03. The Kier molecular flexibility index (Phi) is 8.57. The van der Waals surface area contributed by atoms with Crippen molar-refractivity contribution >= 4 is 21.6 Å². The van der Waals surface area contributed by atoms with Crippen LogP contribution in [0, 0.1) is 0 Å². The van der Waals surface area contributed by atoms with Gasteiger partial charge in [0.25, 0.3) is 0 Å². The third-order valence-corrected chi connectivity index (χ3v) is 2.99. The first-order valence-corrected chi connectivity index (χ1v) is 6.90. The summed E-state index contributed by atoms with van der Waals surface area (Å²) in [4.78, 5) is 0. The number of rotatable bonds is 10. The van der Waals surface area contributed by atoms with Gasteiger partial charge in [0.1, 0.15) is 0 Å². The summed E-state index contributed by atoms with van der Waals surface area (Å²) in [5.41, 5.74) is 0.689. The van der Waals surface area contributed by atoms with Gasteiger partial charge >= 0.3 is 0 Å². The smallest absolute Gasteiger partial charge is 0.152 e. The normalized spacial score (nSPS) is 10.6. The lowest BCUT2D eigenvalue weighted by atomic mass is 10.3. The Bertz CT molecular complexity index is 362. The zero-order valence-electron chi connectivity index (χ0n) is 11.0. The second-order valence-electron chi connectivity index (χ2n) is 3.78. The number of hydrogen-bond acceptors (Lipinski definition) is 5. The molecule has 0 unspecified atom stereocenters. The van der Waals surface area contributed by atoms with Crippen LogP contribution >= 0.6 is 15.9 Å². The van der Waals surface area contributed by atoms with E-state index in [4.69, 9.17) is 14.2 Å². The Labute approximate surface area is 122 Å². The minimum absolute atomic E-state index is 0.213. The third-order valence-electron chi connectivity index (χ3n) is 2.35. The lowest BCUT2D eigenvalue weighted by molar-refractivity contribution is 0.0272. The molecule has 0 spiro atoms. The molecule has 5 nitrogen and oxygen atoms in total. The quantitative estimate of drug-likeness (QED) is 0.508. The molecule has 1 aromatic rings. The Hall–Kier alpha value is -0.820. The highest BCUT2D eigenvalue weighted by molar-refractivity contribution is 9.10. The molecular formula is C13H20BrNO4. The fraction of sp³-hybridized carbons (Fsp3) is 0.538. The van der Waals surface area contributed by atoms with E-state index in [1.54, 1.807) is 13.2 Å². The molecule has 0 aromatic heterocycles. The predicted molar refractivity (Wildman–Crippen MR) is 77.8 cm³/mol. The highest BCUT2D eigenvalue weighted by Crippen LogP contribution is 2.31. The number of aromatic hydroxyl groups is 1. The number of halogens is 1. The first kappa shape index (κ1) is 16.2. The molecule has 0 atom stereocenters. The summed E-state index contributed by atoms with van der Waals surface area (Å²) >= 11 is 3.26. The van der Waals surface area contributed by atoms with Gasteiger partial charge in [-0.25, -0.2) is 0 Å². The van der Waals surface area contributed by atoms with E-state index in [1.807, 2.05) is 12.1 Å². The molecule has 0 radical (unpaired) electrons. The molecule has 0 amide bonds. The summed E-state index contributed by atoms with van der Waals surface area (Å²) in [6, 6.07) is 5.46. The lowest BCUT2D eigenvalue weighted by Gasteiger charge is -2.10. The average molecular weight is 334 g/mol.